The lowest BCUT2D eigenvalue weighted by Crippen LogP contribution is -2.00. The summed E-state index contributed by atoms with van der Waals surface area (Å²) in [5.41, 5.74) is 1.22. The van der Waals surface area contributed by atoms with Gasteiger partial charge in [-0.2, -0.15) is 0 Å². The summed E-state index contributed by atoms with van der Waals surface area (Å²) in [4.78, 5) is 10.4. The van der Waals surface area contributed by atoms with E-state index >= 15 is 0 Å². The second-order valence-corrected chi connectivity index (χ2v) is 4.98. The normalized spacial score (nSPS) is 10.2. The molecule has 0 aromatic heterocycles. The number of benzene rings is 2. The molecule has 21 heavy (non-hydrogen) atoms. The van der Waals surface area contributed by atoms with Crippen LogP contribution in [0.3, 0.4) is 0 Å². The Balaban J connectivity index is 2.17. The van der Waals surface area contributed by atoms with Crippen LogP contribution in [-0.4, -0.2) is 12.0 Å². The molecule has 0 amide bonds. The number of nitro benzene ring substituents is 1. The number of hydrogen-bond acceptors (Lipinski definition) is 4. The van der Waals surface area contributed by atoms with E-state index in [4.69, 9.17) is 27.9 Å². The molecule has 0 aliphatic heterocycles. The Kier molecular flexibility index (Phi) is 4.88. The molecule has 5 nitrogen and oxygen atoms in total. The molecular formula is C14H12Cl2N2O3. The molecule has 0 unspecified atom stereocenters. The Morgan fingerprint density at radius 1 is 1.29 bits per heavy atom. The van der Waals surface area contributed by atoms with Crippen LogP contribution in [-0.2, 0) is 6.61 Å². The van der Waals surface area contributed by atoms with E-state index in [1.165, 1.54) is 6.07 Å². The van der Waals surface area contributed by atoms with Crippen LogP contribution in [0, 0.1) is 10.1 Å². The lowest BCUT2D eigenvalue weighted by Gasteiger charge is -2.10. The fraction of sp³-hybridized carbons (Fsp3) is 0.143. The number of hydrogen-bond donors (Lipinski definition) is 1. The molecule has 0 atom stereocenters. The summed E-state index contributed by atoms with van der Waals surface area (Å²) in [7, 11) is 1.63. The summed E-state index contributed by atoms with van der Waals surface area (Å²) in [5, 5.41) is 14.4. The molecule has 1 N–H and O–H groups in total. The van der Waals surface area contributed by atoms with Gasteiger partial charge in [-0.05, 0) is 29.8 Å². The largest absolute Gasteiger partial charge is 0.487 e. The molecule has 0 saturated carbocycles. The van der Waals surface area contributed by atoms with Crippen molar-refractivity contribution in [3.63, 3.8) is 0 Å². The number of nitrogens with one attached hydrogen (secondary N) is 1. The minimum absolute atomic E-state index is 0.0158. The summed E-state index contributed by atoms with van der Waals surface area (Å²) < 4.78 is 5.59. The number of nitro groups is 1. The number of nitrogens with zero attached hydrogens (tertiary/aromatic N) is 1. The third-order valence-electron chi connectivity index (χ3n) is 2.84. The SMILES string of the molecule is CNc1cc(COc2cccc(Cl)c2Cl)ccc1[N+](=O)[O-]. The maximum atomic E-state index is 10.9. The fourth-order valence-electron chi connectivity index (χ4n) is 1.79. The lowest BCUT2D eigenvalue weighted by molar-refractivity contribution is -0.384. The van der Waals surface area contributed by atoms with E-state index in [1.54, 1.807) is 37.4 Å². The molecule has 2 rings (SSSR count). The number of anilines is 1. The van der Waals surface area contributed by atoms with E-state index in [9.17, 15) is 10.1 Å². The van der Waals surface area contributed by atoms with Crippen molar-refractivity contribution in [2.75, 3.05) is 12.4 Å². The van der Waals surface area contributed by atoms with E-state index < -0.39 is 4.92 Å². The van der Waals surface area contributed by atoms with E-state index in [-0.39, 0.29) is 12.3 Å². The van der Waals surface area contributed by atoms with Crippen LogP contribution in [0.4, 0.5) is 11.4 Å². The number of ether oxygens (including phenoxy) is 1. The Bertz CT molecular complexity index is 677. The van der Waals surface area contributed by atoms with Crippen molar-refractivity contribution in [3.05, 3.63) is 62.1 Å². The van der Waals surface area contributed by atoms with Crippen molar-refractivity contribution in [1.29, 1.82) is 0 Å². The van der Waals surface area contributed by atoms with E-state index in [0.717, 1.165) is 5.56 Å². The third kappa shape index (κ3) is 3.56. The van der Waals surface area contributed by atoms with Crippen molar-refractivity contribution < 1.29 is 9.66 Å². The first-order valence-electron chi connectivity index (χ1n) is 6.05. The van der Waals surface area contributed by atoms with Crippen molar-refractivity contribution in [2.24, 2.45) is 0 Å². The van der Waals surface area contributed by atoms with Gasteiger partial charge in [0.15, 0.2) is 0 Å². The van der Waals surface area contributed by atoms with Crippen LogP contribution < -0.4 is 10.1 Å². The monoisotopic (exact) mass is 326 g/mol. The summed E-state index contributed by atoms with van der Waals surface area (Å²) in [6, 6.07) is 9.84. The molecule has 0 fully saturated rings. The highest BCUT2D eigenvalue weighted by Crippen LogP contribution is 2.32. The van der Waals surface area contributed by atoms with Gasteiger partial charge in [-0.1, -0.05) is 29.3 Å². The molecular weight excluding hydrogens is 315 g/mol. The Morgan fingerprint density at radius 3 is 2.71 bits per heavy atom. The van der Waals surface area contributed by atoms with Crippen LogP contribution in [0.2, 0.25) is 10.0 Å². The first-order chi connectivity index (χ1) is 10.0. The molecule has 0 aliphatic rings. The predicted molar refractivity (Wildman–Crippen MR) is 83.4 cm³/mol. The van der Waals surface area contributed by atoms with Crippen LogP contribution in [0.5, 0.6) is 5.75 Å². The van der Waals surface area contributed by atoms with Gasteiger partial charge in [-0.3, -0.25) is 10.1 Å². The Labute approximate surface area is 131 Å². The van der Waals surface area contributed by atoms with Crippen LogP contribution in [0.15, 0.2) is 36.4 Å². The summed E-state index contributed by atoms with van der Waals surface area (Å²) in [6.07, 6.45) is 0. The van der Waals surface area contributed by atoms with E-state index in [1.807, 2.05) is 0 Å². The van der Waals surface area contributed by atoms with Crippen molar-refractivity contribution in [2.45, 2.75) is 6.61 Å². The van der Waals surface area contributed by atoms with Crippen LogP contribution in [0.25, 0.3) is 0 Å². The van der Waals surface area contributed by atoms with Gasteiger partial charge < -0.3 is 10.1 Å². The molecule has 2 aromatic rings. The predicted octanol–water partition coefficient (Wildman–Crippen LogP) is 4.52. The zero-order chi connectivity index (χ0) is 15.4. The number of halogens is 2. The second-order valence-electron chi connectivity index (χ2n) is 4.20. The quantitative estimate of drug-likeness (QED) is 0.648. The van der Waals surface area contributed by atoms with Crippen LogP contribution in [0.1, 0.15) is 5.56 Å². The molecule has 0 saturated heterocycles. The highest BCUT2D eigenvalue weighted by atomic mass is 35.5. The highest BCUT2D eigenvalue weighted by molar-refractivity contribution is 6.42. The minimum Gasteiger partial charge on any atom is -0.487 e. The van der Waals surface area contributed by atoms with Gasteiger partial charge in [0.1, 0.15) is 23.1 Å². The zero-order valence-corrected chi connectivity index (χ0v) is 12.6. The molecule has 0 bridgehead atoms. The molecule has 2 aromatic carbocycles. The molecule has 7 heteroatoms. The topological polar surface area (TPSA) is 64.4 Å². The van der Waals surface area contributed by atoms with Crippen LogP contribution >= 0.6 is 23.2 Å². The first kappa shape index (κ1) is 15.4. The smallest absolute Gasteiger partial charge is 0.292 e. The van der Waals surface area contributed by atoms with Gasteiger partial charge in [0.25, 0.3) is 5.69 Å². The van der Waals surface area contributed by atoms with Gasteiger partial charge in [0, 0.05) is 13.1 Å². The zero-order valence-electron chi connectivity index (χ0n) is 11.1. The third-order valence-corrected chi connectivity index (χ3v) is 3.64. The van der Waals surface area contributed by atoms with E-state index in [2.05, 4.69) is 5.32 Å². The summed E-state index contributed by atoms with van der Waals surface area (Å²) in [5.74, 6) is 0.466. The summed E-state index contributed by atoms with van der Waals surface area (Å²) >= 11 is 11.9. The van der Waals surface area contributed by atoms with Crippen molar-refractivity contribution in [3.8, 4) is 5.75 Å². The fourth-order valence-corrected chi connectivity index (χ4v) is 2.14. The first-order valence-corrected chi connectivity index (χ1v) is 6.80. The molecule has 0 radical (unpaired) electrons. The van der Waals surface area contributed by atoms with Gasteiger partial charge >= 0.3 is 0 Å². The molecule has 0 heterocycles. The average molecular weight is 327 g/mol. The lowest BCUT2D eigenvalue weighted by atomic mass is 10.2. The van der Waals surface area contributed by atoms with E-state index in [0.29, 0.717) is 21.5 Å². The summed E-state index contributed by atoms with van der Waals surface area (Å²) in [6.45, 7) is 0.229. The van der Waals surface area contributed by atoms with Crippen molar-refractivity contribution in [1.82, 2.24) is 0 Å². The molecule has 110 valence electrons. The highest BCUT2D eigenvalue weighted by Gasteiger charge is 2.13. The molecule has 0 spiro atoms. The Morgan fingerprint density at radius 2 is 2.05 bits per heavy atom. The van der Waals surface area contributed by atoms with Gasteiger partial charge in [0.05, 0.1) is 9.95 Å². The van der Waals surface area contributed by atoms with Crippen molar-refractivity contribution >= 4 is 34.6 Å². The minimum atomic E-state index is -0.440. The standard InChI is InChI=1S/C14H12Cl2N2O3/c1-17-11-7-9(5-6-12(11)18(19)20)8-21-13-4-2-3-10(15)14(13)16/h2-7,17H,8H2,1H3. The van der Waals surface area contributed by atoms with Gasteiger partial charge in [0.2, 0.25) is 0 Å². The maximum absolute atomic E-state index is 10.9. The Hall–Kier alpha value is -1.98. The average Bonchev–Trinajstić information content (AvgIpc) is 2.48. The second kappa shape index (κ2) is 6.65. The number of rotatable bonds is 5. The van der Waals surface area contributed by atoms with Gasteiger partial charge in [-0.25, -0.2) is 0 Å². The molecule has 0 aliphatic carbocycles. The maximum Gasteiger partial charge on any atom is 0.292 e. The van der Waals surface area contributed by atoms with Gasteiger partial charge in [-0.15, -0.1) is 0 Å².